The molecule has 1 atom stereocenters. The van der Waals surface area contributed by atoms with Crippen LogP contribution in [-0.2, 0) is 13.5 Å². The van der Waals surface area contributed by atoms with E-state index in [-0.39, 0.29) is 0 Å². The topological polar surface area (TPSA) is 29.9 Å². The lowest BCUT2D eigenvalue weighted by Gasteiger charge is -2.14. The van der Waals surface area contributed by atoms with E-state index < -0.39 is 0 Å². The summed E-state index contributed by atoms with van der Waals surface area (Å²) in [5.41, 5.74) is 1.35. The highest BCUT2D eigenvalue weighted by Gasteiger charge is 2.12. The van der Waals surface area contributed by atoms with Gasteiger partial charge in [0.1, 0.15) is 5.82 Å². The minimum Gasteiger partial charge on any atom is -0.338 e. The Morgan fingerprint density at radius 2 is 2.41 bits per heavy atom. The zero-order chi connectivity index (χ0) is 12.3. The minimum atomic E-state index is 0.397. The molecule has 0 fully saturated rings. The maximum absolute atomic E-state index is 4.35. The van der Waals surface area contributed by atoms with Gasteiger partial charge in [0.25, 0.3) is 0 Å². The van der Waals surface area contributed by atoms with E-state index >= 15 is 0 Å². The maximum atomic E-state index is 4.35. The van der Waals surface area contributed by atoms with Crippen LogP contribution in [0.3, 0.4) is 0 Å². The molecule has 17 heavy (non-hydrogen) atoms. The lowest BCUT2D eigenvalue weighted by Crippen LogP contribution is -2.17. The van der Waals surface area contributed by atoms with E-state index in [0.717, 1.165) is 18.7 Å². The Morgan fingerprint density at radius 1 is 1.59 bits per heavy atom. The summed E-state index contributed by atoms with van der Waals surface area (Å²) in [7, 11) is 4.05. The van der Waals surface area contributed by atoms with Gasteiger partial charge in [-0.25, -0.2) is 4.98 Å². The van der Waals surface area contributed by atoms with Crippen molar-refractivity contribution in [3.05, 3.63) is 39.0 Å². The number of halogens is 1. The fourth-order valence-corrected chi connectivity index (χ4v) is 3.12. The first-order valence-corrected chi connectivity index (χ1v) is 7.25. The third-order valence-electron chi connectivity index (χ3n) is 2.92. The lowest BCUT2D eigenvalue weighted by atomic mass is 10.1. The Hall–Kier alpha value is -0.650. The first kappa shape index (κ1) is 12.8. The predicted octanol–water partition coefficient (Wildman–Crippen LogP) is 3.14. The van der Waals surface area contributed by atoms with Gasteiger partial charge < -0.3 is 9.88 Å². The number of hydrogen-bond donors (Lipinski definition) is 1. The number of aryl methyl sites for hydroxylation is 2. The van der Waals surface area contributed by atoms with Gasteiger partial charge in [0, 0.05) is 31.9 Å². The van der Waals surface area contributed by atoms with Crippen LogP contribution in [-0.4, -0.2) is 16.6 Å². The van der Waals surface area contributed by atoms with Gasteiger partial charge in [-0.3, -0.25) is 0 Å². The highest BCUT2D eigenvalue weighted by Crippen LogP contribution is 2.27. The van der Waals surface area contributed by atoms with Crippen LogP contribution in [0.5, 0.6) is 0 Å². The maximum Gasteiger partial charge on any atom is 0.108 e. The molecular weight excluding hydrogens is 298 g/mol. The SMILES string of the molecule is CNC(CCc1nccn1C)c1csc(Br)c1. The van der Waals surface area contributed by atoms with E-state index in [1.165, 1.54) is 9.35 Å². The molecule has 0 saturated carbocycles. The van der Waals surface area contributed by atoms with Crippen molar-refractivity contribution in [1.82, 2.24) is 14.9 Å². The fourth-order valence-electron chi connectivity index (χ4n) is 1.89. The highest BCUT2D eigenvalue weighted by molar-refractivity contribution is 9.11. The molecule has 0 aliphatic rings. The second-order valence-corrected chi connectivity index (χ2v) is 6.31. The second kappa shape index (κ2) is 5.80. The predicted molar refractivity (Wildman–Crippen MR) is 75.3 cm³/mol. The quantitative estimate of drug-likeness (QED) is 0.919. The summed E-state index contributed by atoms with van der Waals surface area (Å²) in [5, 5.41) is 5.56. The molecule has 0 bridgehead atoms. The van der Waals surface area contributed by atoms with Crippen LogP contribution < -0.4 is 5.32 Å². The smallest absolute Gasteiger partial charge is 0.108 e. The standard InChI is InChI=1S/C12H16BrN3S/c1-14-10(9-7-11(13)17-8-9)3-4-12-15-5-6-16(12)2/h5-8,10,14H,3-4H2,1-2H3. The molecule has 3 nitrogen and oxygen atoms in total. The van der Waals surface area contributed by atoms with Crippen molar-refractivity contribution in [2.24, 2.45) is 7.05 Å². The summed E-state index contributed by atoms with van der Waals surface area (Å²) in [6.07, 6.45) is 5.89. The van der Waals surface area contributed by atoms with Crippen molar-refractivity contribution in [1.29, 1.82) is 0 Å². The summed E-state index contributed by atoms with van der Waals surface area (Å²) in [6, 6.07) is 2.58. The van der Waals surface area contributed by atoms with E-state index in [1.54, 1.807) is 11.3 Å². The Morgan fingerprint density at radius 3 is 2.94 bits per heavy atom. The molecule has 2 rings (SSSR count). The van der Waals surface area contributed by atoms with Gasteiger partial charge in [0.05, 0.1) is 3.79 Å². The Labute approximate surface area is 114 Å². The van der Waals surface area contributed by atoms with Crippen LogP contribution in [0.25, 0.3) is 0 Å². The Balaban J connectivity index is 1.99. The van der Waals surface area contributed by atoms with Gasteiger partial charge in [0.2, 0.25) is 0 Å². The van der Waals surface area contributed by atoms with Gasteiger partial charge in [-0.2, -0.15) is 0 Å². The van der Waals surface area contributed by atoms with Crippen molar-refractivity contribution in [2.45, 2.75) is 18.9 Å². The number of hydrogen-bond acceptors (Lipinski definition) is 3. The van der Waals surface area contributed by atoms with E-state index in [9.17, 15) is 0 Å². The molecule has 0 radical (unpaired) electrons. The number of rotatable bonds is 5. The summed E-state index contributed by atoms with van der Waals surface area (Å²) >= 11 is 5.24. The molecule has 0 aliphatic heterocycles. The molecule has 2 aromatic heterocycles. The molecule has 0 saturated heterocycles. The second-order valence-electron chi connectivity index (χ2n) is 4.02. The minimum absolute atomic E-state index is 0.397. The van der Waals surface area contributed by atoms with Crippen LogP contribution in [0.4, 0.5) is 0 Å². The van der Waals surface area contributed by atoms with Gasteiger partial charge in [-0.1, -0.05) is 0 Å². The summed E-state index contributed by atoms with van der Waals surface area (Å²) in [5.74, 6) is 1.14. The third-order valence-corrected chi connectivity index (χ3v) is 4.44. The molecule has 0 aliphatic carbocycles. The third kappa shape index (κ3) is 3.18. The van der Waals surface area contributed by atoms with Crippen LogP contribution in [0, 0.1) is 0 Å². The van der Waals surface area contributed by atoms with E-state index in [2.05, 4.69) is 42.2 Å². The zero-order valence-electron chi connectivity index (χ0n) is 9.98. The van der Waals surface area contributed by atoms with Gasteiger partial charge in [-0.05, 0) is 46.4 Å². The van der Waals surface area contributed by atoms with Crippen LogP contribution in [0.1, 0.15) is 23.9 Å². The number of aromatic nitrogens is 2. The molecule has 5 heteroatoms. The molecule has 0 aromatic carbocycles. The number of imidazole rings is 1. The van der Waals surface area contributed by atoms with Crippen molar-refractivity contribution >= 4 is 27.3 Å². The molecule has 0 spiro atoms. The van der Waals surface area contributed by atoms with E-state index in [4.69, 9.17) is 0 Å². The average Bonchev–Trinajstić information content (AvgIpc) is 2.90. The molecule has 2 heterocycles. The lowest BCUT2D eigenvalue weighted by molar-refractivity contribution is 0.537. The van der Waals surface area contributed by atoms with Gasteiger partial charge in [0.15, 0.2) is 0 Å². The van der Waals surface area contributed by atoms with Gasteiger partial charge >= 0.3 is 0 Å². The van der Waals surface area contributed by atoms with Crippen LogP contribution in [0.2, 0.25) is 0 Å². The summed E-state index contributed by atoms with van der Waals surface area (Å²) in [4.78, 5) is 4.35. The van der Waals surface area contributed by atoms with E-state index in [1.807, 2.05) is 26.5 Å². The summed E-state index contributed by atoms with van der Waals surface area (Å²) in [6.45, 7) is 0. The van der Waals surface area contributed by atoms with Crippen molar-refractivity contribution in [2.75, 3.05) is 7.05 Å². The molecule has 0 amide bonds. The zero-order valence-corrected chi connectivity index (χ0v) is 12.4. The van der Waals surface area contributed by atoms with Crippen LogP contribution >= 0.6 is 27.3 Å². The molecule has 92 valence electrons. The van der Waals surface area contributed by atoms with Crippen molar-refractivity contribution < 1.29 is 0 Å². The average molecular weight is 314 g/mol. The Kier molecular flexibility index (Phi) is 4.36. The molecular formula is C12H16BrN3S. The first-order valence-electron chi connectivity index (χ1n) is 5.58. The largest absolute Gasteiger partial charge is 0.338 e. The van der Waals surface area contributed by atoms with Crippen molar-refractivity contribution in [3.63, 3.8) is 0 Å². The molecule has 2 aromatic rings. The first-order chi connectivity index (χ1) is 8.20. The normalized spacial score (nSPS) is 12.9. The highest BCUT2D eigenvalue weighted by atomic mass is 79.9. The van der Waals surface area contributed by atoms with E-state index in [0.29, 0.717) is 6.04 Å². The summed E-state index contributed by atoms with van der Waals surface area (Å²) < 4.78 is 3.26. The molecule has 1 unspecified atom stereocenters. The van der Waals surface area contributed by atoms with Crippen LogP contribution in [0.15, 0.2) is 27.6 Å². The number of nitrogens with one attached hydrogen (secondary N) is 1. The van der Waals surface area contributed by atoms with Gasteiger partial charge in [-0.15, -0.1) is 11.3 Å². The fraction of sp³-hybridized carbons (Fsp3) is 0.417. The van der Waals surface area contributed by atoms with Crippen molar-refractivity contribution in [3.8, 4) is 0 Å². The number of nitrogens with zero attached hydrogens (tertiary/aromatic N) is 2. The monoisotopic (exact) mass is 313 g/mol. The number of thiophene rings is 1. The Bertz CT molecular complexity index is 478. The molecule has 1 N–H and O–H groups in total.